The highest BCUT2D eigenvalue weighted by Crippen LogP contribution is 2.31. The van der Waals surface area contributed by atoms with Gasteiger partial charge in [0.05, 0.1) is 5.52 Å². The van der Waals surface area contributed by atoms with Crippen LogP contribution in [0, 0.1) is 0 Å². The molecular formula is C15H15N3OS2. The van der Waals surface area contributed by atoms with Crippen LogP contribution in [-0.4, -0.2) is 29.3 Å². The van der Waals surface area contributed by atoms with Gasteiger partial charge in [-0.3, -0.25) is 9.78 Å². The van der Waals surface area contributed by atoms with Gasteiger partial charge < -0.3 is 4.90 Å². The van der Waals surface area contributed by atoms with Gasteiger partial charge in [0.15, 0.2) is 0 Å². The molecule has 0 saturated heterocycles. The van der Waals surface area contributed by atoms with Crippen molar-refractivity contribution in [2.75, 3.05) is 24.2 Å². The summed E-state index contributed by atoms with van der Waals surface area (Å²) >= 11 is 5.64. The van der Waals surface area contributed by atoms with Gasteiger partial charge in [0, 0.05) is 30.3 Å². The number of rotatable bonds is 4. The summed E-state index contributed by atoms with van der Waals surface area (Å²) in [5.74, 6) is 1.28. The van der Waals surface area contributed by atoms with Crippen molar-refractivity contribution >= 4 is 40.1 Å². The first-order valence-corrected chi connectivity index (χ1v) is 8.11. The average molecular weight is 317 g/mol. The number of aromatic nitrogens is 2. The maximum atomic E-state index is 12.2. The van der Waals surface area contributed by atoms with Gasteiger partial charge in [-0.15, -0.1) is 11.3 Å². The molecule has 2 aromatic heterocycles. The quantitative estimate of drug-likeness (QED) is 0.727. The largest absolute Gasteiger partial charge is 0.345 e. The van der Waals surface area contributed by atoms with E-state index < -0.39 is 0 Å². The summed E-state index contributed by atoms with van der Waals surface area (Å²) in [6, 6.07) is 10.0. The Hall–Kier alpha value is -1.79. The zero-order chi connectivity index (χ0) is 14.8. The van der Waals surface area contributed by atoms with E-state index in [2.05, 4.69) is 22.6 Å². The molecule has 0 radical (unpaired) electrons. The number of thiophene rings is 1. The van der Waals surface area contributed by atoms with E-state index in [4.69, 9.17) is 0 Å². The molecule has 3 aromatic rings. The molecule has 21 heavy (non-hydrogen) atoms. The second-order valence-electron chi connectivity index (χ2n) is 4.73. The van der Waals surface area contributed by atoms with E-state index in [-0.39, 0.29) is 5.56 Å². The Labute approximate surface area is 131 Å². The molecule has 0 amide bonds. The van der Waals surface area contributed by atoms with Gasteiger partial charge in [-0.1, -0.05) is 30.3 Å². The molecule has 0 aliphatic rings. The minimum absolute atomic E-state index is 0.0896. The molecule has 108 valence electrons. The molecule has 0 aliphatic heterocycles. The predicted molar refractivity (Wildman–Crippen MR) is 92.8 cm³/mol. The lowest BCUT2D eigenvalue weighted by Gasteiger charge is -2.16. The fourth-order valence-electron chi connectivity index (χ4n) is 2.18. The summed E-state index contributed by atoms with van der Waals surface area (Å²) in [6.45, 7) is 0.725. The number of thiol groups is 1. The normalized spacial score (nSPS) is 11.0. The van der Waals surface area contributed by atoms with E-state index in [0.717, 1.165) is 23.2 Å². The number of hydrogen-bond donors (Lipinski definition) is 2. The molecule has 0 bridgehead atoms. The molecule has 0 aliphatic carbocycles. The molecule has 2 heterocycles. The van der Waals surface area contributed by atoms with E-state index >= 15 is 0 Å². The van der Waals surface area contributed by atoms with Crippen molar-refractivity contribution in [2.45, 2.75) is 0 Å². The van der Waals surface area contributed by atoms with E-state index in [0.29, 0.717) is 16.4 Å². The standard InChI is InChI=1S/C15H15N3OS2/c1-18(7-8-20)15-16-12-11(10-5-3-2-4-6-10)9-21-13(12)14(19)17-15/h2-6,9,20H,7-8H2,1H3,(H,16,17,19). The van der Waals surface area contributed by atoms with Crippen LogP contribution in [0.4, 0.5) is 5.95 Å². The highest BCUT2D eigenvalue weighted by atomic mass is 32.1. The molecule has 6 heteroatoms. The third-order valence-electron chi connectivity index (χ3n) is 3.30. The monoisotopic (exact) mass is 317 g/mol. The Balaban J connectivity index is 2.18. The molecule has 0 spiro atoms. The van der Waals surface area contributed by atoms with Gasteiger partial charge in [-0.2, -0.15) is 12.6 Å². The zero-order valence-corrected chi connectivity index (χ0v) is 13.2. The van der Waals surface area contributed by atoms with Crippen LogP contribution in [0.15, 0.2) is 40.5 Å². The minimum atomic E-state index is -0.0896. The van der Waals surface area contributed by atoms with Crippen LogP contribution in [-0.2, 0) is 0 Å². The maximum Gasteiger partial charge on any atom is 0.270 e. The third kappa shape index (κ3) is 2.69. The summed E-state index contributed by atoms with van der Waals surface area (Å²) in [6.07, 6.45) is 0. The number of hydrogen-bond acceptors (Lipinski definition) is 5. The summed E-state index contributed by atoms with van der Waals surface area (Å²) < 4.78 is 0.664. The lowest BCUT2D eigenvalue weighted by molar-refractivity contribution is 0.912. The summed E-state index contributed by atoms with van der Waals surface area (Å²) in [5, 5.41) is 1.99. The Morgan fingerprint density at radius 3 is 2.81 bits per heavy atom. The third-order valence-corrected chi connectivity index (χ3v) is 4.46. The molecule has 4 nitrogen and oxygen atoms in total. The van der Waals surface area contributed by atoms with Crippen LogP contribution >= 0.6 is 24.0 Å². The highest BCUT2D eigenvalue weighted by Gasteiger charge is 2.13. The van der Waals surface area contributed by atoms with Gasteiger partial charge in [0.2, 0.25) is 5.95 Å². The van der Waals surface area contributed by atoms with Gasteiger partial charge >= 0.3 is 0 Å². The van der Waals surface area contributed by atoms with Crippen molar-refractivity contribution in [1.29, 1.82) is 0 Å². The van der Waals surface area contributed by atoms with Crippen molar-refractivity contribution in [3.8, 4) is 11.1 Å². The lowest BCUT2D eigenvalue weighted by atomic mass is 10.1. The van der Waals surface area contributed by atoms with Crippen LogP contribution in [0.25, 0.3) is 21.3 Å². The summed E-state index contributed by atoms with van der Waals surface area (Å²) in [4.78, 5) is 21.6. The number of benzene rings is 1. The second-order valence-corrected chi connectivity index (χ2v) is 6.05. The van der Waals surface area contributed by atoms with Crippen molar-refractivity contribution in [1.82, 2.24) is 9.97 Å². The fraction of sp³-hybridized carbons (Fsp3) is 0.200. The van der Waals surface area contributed by atoms with Crippen LogP contribution in [0.2, 0.25) is 0 Å². The fourth-order valence-corrected chi connectivity index (χ4v) is 3.38. The summed E-state index contributed by atoms with van der Waals surface area (Å²) in [7, 11) is 1.90. The number of nitrogens with one attached hydrogen (secondary N) is 1. The van der Waals surface area contributed by atoms with E-state index in [1.54, 1.807) is 0 Å². The lowest BCUT2D eigenvalue weighted by Crippen LogP contribution is -2.24. The number of anilines is 1. The molecule has 0 atom stereocenters. The van der Waals surface area contributed by atoms with Gasteiger partial charge in [-0.25, -0.2) is 4.98 Å². The topological polar surface area (TPSA) is 49.0 Å². The Morgan fingerprint density at radius 2 is 2.10 bits per heavy atom. The van der Waals surface area contributed by atoms with E-state index in [1.807, 2.05) is 47.7 Å². The predicted octanol–water partition coefficient (Wildman–Crippen LogP) is 3.02. The smallest absolute Gasteiger partial charge is 0.270 e. The Kier molecular flexibility index (Phi) is 3.98. The Morgan fingerprint density at radius 1 is 1.33 bits per heavy atom. The van der Waals surface area contributed by atoms with Gasteiger partial charge in [-0.05, 0) is 5.56 Å². The Bertz CT molecular complexity index is 811. The maximum absolute atomic E-state index is 12.2. The van der Waals surface area contributed by atoms with Crippen LogP contribution in [0.1, 0.15) is 0 Å². The van der Waals surface area contributed by atoms with E-state index in [9.17, 15) is 4.79 Å². The molecule has 1 aromatic carbocycles. The average Bonchev–Trinajstić information content (AvgIpc) is 2.93. The molecule has 0 saturated carbocycles. The van der Waals surface area contributed by atoms with Gasteiger partial charge in [0.1, 0.15) is 4.70 Å². The van der Waals surface area contributed by atoms with Crippen LogP contribution < -0.4 is 10.5 Å². The first-order valence-electron chi connectivity index (χ1n) is 6.59. The minimum Gasteiger partial charge on any atom is -0.345 e. The van der Waals surface area contributed by atoms with Crippen LogP contribution in [0.5, 0.6) is 0 Å². The van der Waals surface area contributed by atoms with Crippen molar-refractivity contribution in [2.24, 2.45) is 0 Å². The SMILES string of the molecule is CN(CCS)c1nc2c(-c3ccccc3)csc2c(=O)[nH]1. The van der Waals surface area contributed by atoms with E-state index in [1.165, 1.54) is 11.3 Å². The zero-order valence-electron chi connectivity index (χ0n) is 11.5. The molecule has 0 unspecified atom stereocenters. The van der Waals surface area contributed by atoms with Crippen molar-refractivity contribution in [3.05, 3.63) is 46.1 Å². The van der Waals surface area contributed by atoms with Crippen molar-refractivity contribution in [3.63, 3.8) is 0 Å². The number of fused-ring (bicyclic) bond motifs is 1. The van der Waals surface area contributed by atoms with Crippen LogP contribution in [0.3, 0.4) is 0 Å². The summed E-state index contributed by atoms with van der Waals surface area (Å²) in [5.41, 5.74) is 2.75. The second kappa shape index (κ2) is 5.91. The first kappa shape index (κ1) is 14.2. The molecular weight excluding hydrogens is 302 g/mol. The molecule has 1 N–H and O–H groups in total. The van der Waals surface area contributed by atoms with Crippen molar-refractivity contribution < 1.29 is 0 Å². The number of aromatic amines is 1. The number of H-pyrrole nitrogens is 1. The first-order chi connectivity index (χ1) is 10.2. The van der Waals surface area contributed by atoms with Gasteiger partial charge in [0.25, 0.3) is 5.56 Å². The molecule has 0 fully saturated rings. The highest BCUT2D eigenvalue weighted by molar-refractivity contribution is 7.80. The number of nitrogens with zero attached hydrogens (tertiary/aromatic N) is 2. The molecule has 3 rings (SSSR count).